The van der Waals surface area contributed by atoms with Crippen LogP contribution < -0.4 is 15.8 Å². The Labute approximate surface area is 266 Å². The fourth-order valence-corrected chi connectivity index (χ4v) is 8.23. The predicted octanol–water partition coefficient (Wildman–Crippen LogP) is 5.37. The molecular weight excluding hydrogens is 586 g/mol. The molecule has 10 heteroatoms. The number of aryl methyl sites for hydroxylation is 2. The second-order valence-corrected chi connectivity index (χ2v) is 13.0. The molecule has 2 amide bonds. The van der Waals surface area contributed by atoms with E-state index in [9.17, 15) is 14.4 Å². The van der Waals surface area contributed by atoms with Crippen LogP contribution >= 0.6 is 11.3 Å². The minimum atomic E-state index is -0.191. The van der Waals surface area contributed by atoms with Crippen LogP contribution in [0.4, 0.5) is 17.2 Å². The number of carbonyl (C=O) groups is 2. The molecule has 0 atom stereocenters. The van der Waals surface area contributed by atoms with E-state index in [1.54, 1.807) is 40.0 Å². The molecule has 0 saturated carbocycles. The van der Waals surface area contributed by atoms with Crippen molar-refractivity contribution in [3.05, 3.63) is 91.2 Å². The number of rotatable bonds is 6. The van der Waals surface area contributed by atoms with E-state index in [0.717, 1.165) is 52.9 Å². The van der Waals surface area contributed by atoms with Gasteiger partial charge in [-0.05, 0) is 85.0 Å². The van der Waals surface area contributed by atoms with E-state index in [-0.39, 0.29) is 17.4 Å². The quantitative estimate of drug-likeness (QED) is 0.310. The van der Waals surface area contributed by atoms with E-state index in [1.807, 2.05) is 29.3 Å². The summed E-state index contributed by atoms with van der Waals surface area (Å²) in [7, 11) is 1.73. The Balaban J connectivity index is 1.17. The highest BCUT2D eigenvalue weighted by Crippen LogP contribution is 2.40. The molecule has 1 aliphatic carbocycles. The Kier molecular flexibility index (Phi) is 8.01. The van der Waals surface area contributed by atoms with Crippen LogP contribution in [-0.2, 0) is 37.5 Å². The second kappa shape index (κ2) is 12.3. The number of ether oxygens (including phenoxy) is 1. The van der Waals surface area contributed by atoms with Gasteiger partial charge in [-0.3, -0.25) is 14.4 Å². The molecule has 0 spiro atoms. The van der Waals surface area contributed by atoms with E-state index < -0.39 is 0 Å². The van der Waals surface area contributed by atoms with Gasteiger partial charge in [0.05, 0.1) is 23.7 Å². The minimum Gasteiger partial charge on any atom is -0.378 e. The molecule has 1 N–H and O–H groups in total. The van der Waals surface area contributed by atoms with Crippen LogP contribution in [-0.4, -0.2) is 59.1 Å². The summed E-state index contributed by atoms with van der Waals surface area (Å²) < 4.78 is 6.91. The Morgan fingerprint density at radius 2 is 1.84 bits per heavy atom. The number of morpholine rings is 1. The average molecular weight is 624 g/mol. The largest absolute Gasteiger partial charge is 0.378 e. The monoisotopic (exact) mass is 623 g/mol. The average Bonchev–Trinajstić information content (AvgIpc) is 3.47. The van der Waals surface area contributed by atoms with Crippen LogP contribution in [0, 0.1) is 0 Å². The van der Waals surface area contributed by atoms with E-state index in [1.165, 1.54) is 35.0 Å². The van der Waals surface area contributed by atoms with Gasteiger partial charge in [0.2, 0.25) is 0 Å². The number of fused-ring (bicyclic) bond motifs is 3. The zero-order chi connectivity index (χ0) is 31.1. The fraction of sp³-hybridized carbons (Fsp3) is 0.371. The number of hydrogen-bond donors (Lipinski definition) is 1. The molecule has 2 aliphatic heterocycles. The van der Waals surface area contributed by atoms with Crippen molar-refractivity contribution in [1.29, 1.82) is 0 Å². The van der Waals surface area contributed by atoms with Crippen molar-refractivity contribution in [1.82, 2.24) is 14.5 Å². The first-order chi connectivity index (χ1) is 21.9. The van der Waals surface area contributed by atoms with Gasteiger partial charge in [-0.2, -0.15) is 0 Å². The van der Waals surface area contributed by atoms with Crippen LogP contribution in [0.25, 0.3) is 11.1 Å². The van der Waals surface area contributed by atoms with Gasteiger partial charge in [0.15, 0.2) is 0 Å². The number of nitrogens with one attached hydrogen (secondary N) is 1. The molecule has 7 rings (SSSR count). The maximum Gasteiger partial charge on any atom is 0.274 e. The van der Waals surface area contributed by atoms with Crippen LogP contribution in [0.3, 0.4) is 0 Å². The van der Waals surface area contributed by atoms with Gasteiger partial charge in [-0.15, -0.1) is 11.3 Å². The third kappa shape index (κ3) is 5.46. The molecule has 232 valence electrons. The summed E-state index contributed by atoms with van der Waals surface area (Å²) in [4.78, 5) is 50.4. The SMILES string of the molecule is CCc1c(-c2cc(Nc3ccc(C(=O)N4CCOCC4)cn3)c(=O)n(C)c2)cccc1N1CCc2c(sc3c2CCCC3)C1=O. The van der Waals surface area contributed by atoms with Crippen molar-refractivity contribution in [3.63, 3.8) is 0 Å². The molecule has 1 fully saturated rings. The Hall–Kier alpha value is -4.28. The number of thiophene rings is 1. The van der Waals surface area contributed by atoms with E-state index in [2.05, 4.69) is 23.3 Å². The standard InChI is InChI=1S/C35H37N5O4S/c1-3-24-25(8-6-9-29(24)40-14-13-27-26-7-4-5-10-30(26)45-32(27)35(40)43)23-19-28(34(42)38(2)21-23)37-31-12-11-22(20-36-31)33(41)39-15-17-44-18-16-39/h6,8-9,11-12,19-21H,3-5,7,10,13-18H2,1-2H3,(H,36,37). The molecular formula is C35H37N5O4S. The number of hydrogen-bond acceptors (Lipinski definition) is 7. The second-order valence-electron chi connectivity index (χ2n) is 11.9. The summed E-state index contributed by atoms with van der Waals surface area (Å²) >= 11 is 1.70. The van der Waals surface area contributed by atoms with Crippen LogP contribution in [0.1, 0.15) is 61.4 Å². The summed E-state index contributed by atoms with van der Waals surface area (Å²) in [6, 6.07) is 11.4. The lowest BCUT2D eigenvalue weighted by Gasteiger charge is -2.30. The third-order valence-corrected chi connectivity index (χ3v) is 10.5. The van der Waals surface area contributed by atoms with Crippen LogP contribution in [0.2, 0.25) is 0 Å². The van der Waals surface area contributed by atoms with Gasteiger partial charge in [-0.1, -0.05) is 19.1 Å². The molecule has 45 heavy (non-hydrogen) atoms. The zero-order valence-corrected chi connectivity index (χ0v) is 26.5. The fourth-order valence-electron chi connectivity index (χ4n) is 6.85. The lowest BCUT2D eigenvalue weighted by Crippen LogP contribution is -2.40. The van der Waals surface area contributed by atoms with Gasteiger partial charge in [0.1, 0.15) is 11.5 Å². The first-order valence-corrected chi connectivity index (χ1v) is 16.6. The number of nitrogens with zero attached hydrogens (tertiary/aromatic N) is 4. The van der Waals surface area contributed by atoms with Crippen molar-refractivity contribution >= 4 is 40.3 Å². The molecule has 5 heterocycles. The summed E-state index contributed by atoms with van der Waals surface area (Å²) in [5, 5.41) is 3.17. The number of aromatic nitrogens is 2. The Morgan fingerprint density at radius 3 is 2.62 bits per heavy atom. The third-order valence-electron chi connectivity index (χ3n) is 9.17. The normalized spacial score (nSPS) is 16.4. The van der Waals surface area contributed by atoms with Crippen molar-refractivity contribution in [3.8, 4) is 11.1 Å². The number of carbonyl (C=O) groups excluding carboxylic acids is 2. The smallest absolute Gasteiger partial charge is 0.274 e. The topological polar surface area (TPSA) is 96.8 Å². The predicted molar refractivity (Wildman–Crippen MR) is 177 cm³/mol. The molecule has 3 aromatic heterocycles. The van der Waals surface area contributed by atoms with Crippen LogP contribution in [0.15, 0.2) is 53.6 Å². The van der Waals surface area contributed by atoms with Gasteiger partial charge >= 0.3 is 0 Å². The van der Waals surface area contributed by atoms with Gasteiger partial charge in [0.25, 0.3) is 17.4 Å². The molecule has 3 aliphatic rings. The van der Waals surface area contributed by atoms with Gasteiger partial charge in [-0.25, -0.2) is 4.98 Å². The number of benzene rings is 1. The summed E-state index contributed by atoms with van der Waals surface area (Å²) in [6.45, 7) is 4.97. The summed E-state index contributed by atoms with van der Waals surface area (Å²) in [5.74, 6) is 0.497. The first kappa shape index (κ1) is 29.4. The molecule has 0 radical (unpaired) electrons. The zero-order valence-electron chi connectivity index (χ0n) is 25.7. The van der Waals surface area contributed by atoms with E-state index in [4.69, 9.17) is 4.74 Å². The maximum atomic E-state index is 13.9. The Bertz CT molecular complexity index is 1840. The van der Waals surface area contributed by atoms with Crippen LogP contribution in [0.5, 0.6) is 0 Å². The van der Waals surface area contributed by atoms with Gasteiger partial charge < -0.3 is 24.4 Å². The van der Waals surface area contributed by atoms with Crippen molar-refractivity contribution in [2.45, 2.75) is 45.4 Å². The first-order valence-electron chi connectivity index (χ1n) is 15.8. The molecule has 1 aromatic carbocycles. The van der Waals surface area contributed by atoms with Crippen molar-refractivity contribution in [2.24, 2.45) is 7.05 Å². The van der Waals surface area contributed by atoms with E-state index >= 15 is 0 Å². The van der Waals surface area contributed by atoms with Crippen molar-refractivity contribution < 1.29 is 14.3 Å². The molecule has 9 nitrogen and oxygen atoms in total. The lowest BCUT2D eigenvalue weighted by atomic mass is 9.91. The number of anilines is 3. The maximum absolute atomic E-state index is 13.9. The van der Waals surface area contributed by atoms with Gasteiger partial charge in [0, 0.05) is 55.2 Å². The minimum absolute atomic E-state index is 0.0793. The number of amides is 2. The molecule has 0 bridgehead atoms. The highest BCUT2D eigenvalue weighted by Gasteiger charge is 2.33. The highest BCUT2D eigenvalue weighted by molar-refractivity contribution is 7.14. The molecule has 1 saturated heterocycles. The molecule has 4 aromatic rings. The Morgan fingerprint density at radius 1 is 1.02 bits per heavy atom. The number of pyridine rings is 2. The molecule has 0 unspecified atom stereocenters. The summed E-state index contributed by atoms with van der Waals surface area (Å²) in [6.07, 6.45) is 9.60. The highest BCUT2D eigenvalue weighted by atomic mass is 32.1. The van der Waals surface area contributed by atoms with Crippen molar-refractivity contribution in [2.75, 3.05) is 43.1 Å². The van der Waals surface area contributed by atoms with E-state index in [0.29, 0.717) is 49.9 Å². The lowest BCUT2D eigenvalue weighted by molar-refractivity contribution is 0.0302. The summed E-state index contributed by atoms with van der Waals surface area (Å²) in [5.41, 5.74) is 7.27.